The SMILES string of the molecule is CO[C@H]1CCC[C@H]2C1=C(C(=O)O)N1[C@H]2C[C@@]1([O-])O. The number of methoxy groups -OCH3 is 1. The van der Waals surface area contributed by atoms with Crippen LogP contribution >= 0.6 is 0 Å². The minimum atomic E-state index is -2.26. The molecule has 2 N–H and O–H groups in total. The topological polar surface area (TPSA) is 93.1 Å². The molecule has 0 aromatic heterocycles. The summed E-state index contributed by atoms with van der Waals surface area (Å²) in [6, 6.07) is -0.161. The highest BCUT2D eigenvalue weighted by Crippen LogP contribution is 2.52. The number of rotatable bonds is 2. The molecule has 0 bridgehead atoms. The van der Waals surface area contributed by atoms with Crippen LogP contribution in [0.5, 0.6) is 0 Å². The van der Waals surface area contributed by atoms with Gasteiger partial charge in [-0.3, -0.25) is 0 Å². The van der Waals surface area contributed by atoms with Gasteiger partial charge in [0.15, 0.2) is 0 Å². The highest BCUT2D eigenvalue weighted by atomic mass is 16.5. The molecule has 4 atom stereocenters. The second-order valence-corrected chi connectivity index (χ2v) is 5.26. The number of hydrogen-bond donors (Lipinski definition) is 2. The number of aliphatic carboxylic acids is 1. The van der Waals surface area contributed by atoms with Crippen LogP contribution in [0.2, 0.25) is 0 Å². The number of fused-ring (bicyclic) bond motifs is 3. The lowest BCUT2D eigenvalue weighted by molar-refractivity contribution is -0.619. The Kier molecular flexibility index (Phi) is 2.45. The zero-order chi connectivity index (χ0) is 13.1. The molecule has 3 aliphatic rings. The van der Waals surface area contributed by atoms with Gasteiger partial charge in [-0.1, -0.05) is 0 Å². The van der Waals surface area contributed by atoms with Crippen LogP contribution in [0.15, 0.2) is 11.3 Å². The van der Waals surface area contributed by atoms with E-state index in [0.717, 1.165) is 24.2 Å². The zero-order valence-electron chi connectivity index (χ0n) is 10.1. The summed E-state index contributed by atoms with van der Waals surface area (Å²) in [6.07, 6.45) is 2.45. The Morgan fingerprint density at radius 2 is 2.28 bits per heavy atom. The van der Waals surface area contributed by atoms with Crippen molar-refractivity contribution in [3.8, 4) is 0 Å². The summed E-state index contributed by atoms with van der Waals surface area (Å²) < 4.78 is 5.35. The molecule has 0 amide bonds. The van der Waals surface area contributed by atoms with Crippen molar-refractivity contribution in [1.29, 1.82) is 0 Å². The third-order valence-electron chi connectivity index (χ3n) is 4.38. The number of hydrogen-bond acceptors (Lipinski definition) is 5. The van der Waals surface area contributed by atoms with Crippen LogP contribution in [0.25, 0.3) is 0 Å². The molecule has 3 rings (SSSR count). The van der Waals surface area contributed by atoms with E-state index < -0.39 is 11.9 Å². The molecule has 0 radical (unpaired) electrons. The Labute approximate surface area is 104 Å². The van der Waals surface area contributed by atoms with Crippen molar-refractivity contribution in [2.75, 3.05) is 7.11 Å². The highest BCUT2D eigenvalue weighted by molar-refractivity contribution is 5.88. The molecular formula is C12H16NO5-. The average molecular weight is 254 g/mol. The Balaban J connectivity index is 2.07. The molecule has 0 aromatic rings. The van der Waals surface area contributed by atoms with Crippen molar-refractivity contribution in [2.24, 2.45) is 5.92 Å². The predicted molar refractivity (Wildman–Crippen MR) is 58.0 cm³/mol. The molecule has 6 nitrogen and oxygen atoms in total. The van der Waals surface area contributed by atoms with E-state index in [1.54, 1.807) is 7.11 Å². The lowest BCUT2D eigenvalue weighted by Gasteiger charge is -2.60. The van der Waals surface area contributed by atoms with Crippen molar-refractivity contribution in [3.63, 3.8) is 0 Å². The van der Waals surface area contributed by atoms with Crippen LogP contribution in [0.3, 0.4) is 0 Å². The van der Waals surface area contributed by atoms with Gasteiger partial charge in [-0.15, -0.1) is 0 Å². The van der Waals surface area contributed by atoms with E-state index in [1.807, 2.05) is 0 Å². The van der Waals surface area contributed by atoms with Crippen LogP contribution in [-0.2, 0) is 9.53 Å². The number of carboxylic acid groups (broad SMARTS) is 1. The number of nitrogens with zero attached hydrogens (tertiary/aromatic N) is 1. The third kappa shape index (κ3) is 1.36. The van der Waals surface area contributed by atoms with Crippen molar-refractivity contribution < 1.29 is 24.9 Å². The second-order valence-electron chi connectivity index (χ2n) is 5.26. The van der Waals surface area contributed by atoms with Gasteiger partial charge < -0.3 is 25.0 Å². The Hall–Kier alpha value is -1.11. The van der Waals surface area contributed by atoms with Gasteiger partial charge in [-0.2, -0.15) is 0 Å². The fourth-order valence-electron chi connectivity index (χ4n) is 3.68. The van der Waals surface area contributed by atoms with Gasteiger partial charge in [0.1, 0.15) is 5.70 Å². The monoisotopic (exact) mass is 254 g/mol. The van der Waals surface area contributed by atoms with E-state index in [2.05, 4.69) is 0 Å². The standard InChI is InChI=1S/C12H16NO5/c1-18-8-4-2-3-6-7-5-12(16,17)13(7)10(9(6)8)11(14)15/h6-8,16H,2-5H2,1H3,(H,14,15)/q-1/t6-,7+,8+,12+/m1/s1. The summed E-state index contributed by atoms with van der Waals surface area (Å²) in [5, 5.41) is 30.7. The van der Waals surface area contributed by atoms with E-state index in [0.29, 0.717) is 5.57 Å². The smallest absolute Gasteiger partial charge is 0.352 e. The van der Waals surface area contributed by atoms with Gasteiger partial charge in [-0.05, 0) is 24.8 Å². The van der Waals surface area contributed by atoms with E-state index in [-0.39, 0.29) is 30.2 Å². The Bertz CT molecular complexity index is 430. The Morgan fingerprint density at radius 3 is 2.83 bits per heavy atom. The molecule has 0 unspecified atom stereocenters. The van der Waals surface area contributed by atoms with E-state index >= 15 is 0 Å². The highest BCUT2D eigenvalue weighted by Gasteiger charge is 2.57. The summed E-state index contributed by atoms with van der Waals surface area (Å²) in [7, 11) is 1.55. The maximum Gasteiger partial charge on any atom is 0.352 e. The molecule has 1 saturated heterocycles. The number of carbonyl (C=O) groups is 1. The van der Waals surface area contributed by atoms with Crippen molar-refractivity contribution in [1.82, 2.24) is 4.90 Å². The van der Waals surface area contributed by atoms with Crippen molar-refractivity contribution in [2.45, 2.75) is 43.7 Å². The molecule has 2 aliphatic heterocycles. The van der Waals surface area contributed by atoms with Crippen LogP contribution in [0.1, 0.15) is 25.7 Å². The fourth-order valence-corrected chi connectivity index (χ4v) is 3.68. The first-order valence-electron chi connectivity index (χ1n) is 6.19. The first-order valence-corrected chi connectivity index (χ1v) is 6.19. The number of aliphatic hydroxyl groups is 1. The van der Waals surface area contributed by atoms with E-state index in [9.17, 15) is 20.1 Å². The zero-order valence-corrected chi connectivity index (χ0v) is 10.1. The molecule has 100 valence electrons. The molecule has 1 saturated carbocycles. The predicted octanol–water partition coefficient (Wildman–Crippen LogP) is -0.765. The number of carboxylic acids is 1. The van der Waals surface area contributed by atoms with Crippen LogP contribution in [0.4, 0.5) is 0 Å². The molecular weight excluding hydrogens is 238 g/mol. The minimum absolute atomic E-state index is 0.0275. The maximum atomic E-state index is 11.8. The van der Waals surface area contributed by atoms with Gasteiger partial charge in [0, 0.05) is 25.5 Å². The molecule has 18 heavy (non-hydrogen) atoms. The van der Waals surface area contributed by atoms with E-state index in [4.69, 9.17) is 4.74 Å². The fraction of sp³-hybridized carbons (Fsp3) is 0.750. The number of ether oxygens (including phenoxy) is 1. The maximum absolute atomic E-state index is 11.8. The average Bonchev–Trinajstić information content (AvgIpc) is 2.60. The molecule has 0 aromatic carbocycles. The third-order valence-corrected chi connectivity index (χ3v) is 4.38. The van der Waals surface area contributed by atoms with E-state index in [1.165, 1.54) is 0 Å². The lowest BCUT2D eigenvalue weighted by atomic mass is 9.77. The molecule has 6 heteroatoms. The molecule has 1 aliphatic carbocycles. The molecule has 0 spiro atoms. The lowest BCUT2D eigenvalue weighted by Crippen LogP contribution is -2.72. The van der Waals surface area contributed by atoms with Crippen LogP contribution < -0.4 is 5.11 Å². The summed E-state index contributed by atoms with van der Waals surface area (Å²) in [5.74, 6) is -3.36. The van der Waals surface area contributed by atoms with Crippen molar-refractivity contribution >= 4 is 5.97 Å². The van der Waals surface area contributed by atoms with Gasteiger partial charge in [0.2, 0.25) is 0 Å². The van der Waals surface area contributed by atoms with Crippen LogP contribution in [0, 0.1) is 5.92 Å². The summed E-state index contributed by atoms with van der Waals surface area (Å²) >= 11 is 0. The van der Waals surface area contributed by atoms with Crippen molar-refractivity contribution in [3.05, 3.63) is 11.3 Å². The van der Waals surface area contributed by atoms with Gasteiger partial charge >= 0.3 is 5.97 Å². The van der Waals surface area contributed by atoms with Gasteiger partial charge in [0.25, 0.3) is 0 Å². The first-order chi connectivity index (χ1) is 8.47. The largest absolute Gasteiger partial charge is 0.812 e. The first kappa shape index (κ1) is 12.0. The minimum Gasteiger partial charge on any atom is -0.812 e. The quantitative estimate of drug-likeness (QED) is 0.629. The van der Waals surface area contributed by atoms with Gasteiger partial charge in [0.05, 0.1) is 12.0 Å². The van der Waals surface area contributed by atoms with Gasteiger partial charge in [-0.25, -0.2) is 4.79 Å². The summed E-state index contributed by atoms with van der Waals surface area (Å²) in [5.41, 5.74) is 0.674. The summed E-state index contributed by atoms with van der Waals surface area (Å²) in [4.78, 5) is 12.5. The Morgan fingerprint density at radius 1 is 1.56 bits per heavy atom. The van der Waals surface area contributed by atoms with Crippen LogP contribution in [-0.4, -0.2) is 46.2 Å². The molecule has 2 fully saturated rings. The summed E-state index contributed by atoms with van der Waals surface area (Å²) in [6.45, 7) is 0. The second kappa shape index (κ2) is 3.69. The normalized spacial score (nSPS) is 42.4. The molecule has 2 heterocycles.